The number of rotatable bonds is 9. The first-order chi connectivity index (χ1) is 12.8. The van der Waals surface area contributed by atoms with Crippen LogP contribution >= 0.6 is 27.7 Å². The second-order valence-electron chi connectivity index (χ2n) is 6.22. The Morgan fingerprint density at radius 3 is 2.96 bits per heavy atom. The number of thioether (sulfide) groups is 1. The summed E-state index contributed by atoms with van der Waals surface area (Å²) in [6.07, 6.45) is 6.68. The van der Waals surface area contributed by atoms with E-state index in [-0.39, 0.29) is 5.91 Å². The first-order valence-corrected chi connectivity index (χ1v) is 10.3. The average molecular weight is 452 g/mol. The SMILES string of the molecule is C=CCO/N=C\C(C)(C)NC(=O)C(Oc1ccc2ncc(Br)cc2c1)SC. The molecular weight excluding hydrogens is 430 g/mol. The van der Waals surface area contributed by atoms with Gasteiger partial charge in [-0.3, -0.25) is 9.78 Å². The summed E-state index contributed by atoms with van der Waals surface area (Å²) < 4.78 is 6.76. The summed E-state index contributed by atoms with van der Waals surface area (Å²) in [7, 11) is 0. The van der Waals surface area contributed by atoms with Gasteiger partial charge in [0.25, 0.3) is 5.91 Å². The maximum absolute atomic E-state index is 12.6. The molecule has 0 aliphatic rings. The van der Waals surface area contributed by atoms with Gasteiger partial charge >= 0.3 is 0 Å². The molecule has 1 aromatic carbocycles. The summed E-state index contributed by atoms with van der Waals surface area (Å²) >= 11 is 4.71. The summed E-state index contributed by atoms with van der Waals surface area (Å²) in [6, 6.07) is 7.47. The zero-order valence-corrected chi connectivity index (χ0v) is 17.8. The van der Waals surface area contributed by atoms with E-state index in [1.54, 1.807) is 18.3 Å². The van der Waals surface area contributed by atoms with Crippen LogP contribution in [0.15, 0.2) is 52.7 Å². The van der Waals surface area contributed by atoms with Crippen LogP contribution in [0.25, 0.3) is 10.9 Å². The molecule has 0 aliphatic heterocycles. The number of carbonyl (C=O) groups is 1. The lowest BCUT2D eigenvalue weighted by Crippen LogP contribution is -2.49. The van der Waals surface area contributed by atoms with Gasteiger partial charge in [0, 0.05) is 16.1 Å². The zero-order valence-electron chi connectivity index (χ0n) is 15.4. The molecule has 1 aromatic heterocycles. The number of hydrogen-bond donors (Lipinski definition) is 1. The van der Waals surface area contributed by atoms with E-state index in [9.17, 15) is 4.79 Å². The highest BCUT2D eigenvalue weighted by molar-refractivity contribution is 9.10. The summed E-state index contributed by atoms with van der Waals surface area (Å²) in [4.78, 5) is 21.9. The van der Waals surface area contributed by atoms with Crippen LogP contribution in [0, 0.1) is 0 Å². The molecule has 27 heavy (non-hydrogen) atoms. The Hall–Kier alpha value is -2.06. The number of benzene rings is 1. The predicted octanol–water partition coefficient (Wildman–Crippen LogP) is 4.15. The Morgan fingerprint density at radius 1 is 1.48 bits per heavy atom. The number of ether oxygens (including phenoxy) is 1. The maximum Gasteiger partial charge on any atom is 0.272 e. The van der Waals surface area contributed by atoms with Gasteiger partial charge in [-0.1, -0.05) is 17.8 Å². The quantitative estimate of drug-likeness (QED) is 0.204. The molecule has 1 amide bonds. The van der Waals surface area contributed by atoms with Crippen molar-refractivity contribution in [3.8, 4) is 5.75 Å². The molecule has 1 N–H and O–H groups in total. The van der Waals surface area contributed by atoms with Crippen molar-refractivity contribution in [2.75, 3.05) is 12.9 Å². The van der Waals surface area contributed by atoms with Crippen LogP contribution in [-0.2, 0) is 9.63 Å². The third-order valence-corrected chi connectivity index (χ3v) is 4.55. The van der Waals surface area contributed by atoms with Gasteiger partial charge in [-0.2, -0.15) is 0 Å². The minimum Gasteiger partial charge on any atom is -0.470 e. The topological polar surface area (TPSA) is 72.8 Å². The second-order valence-corrected chi connectivity index (χ2v) is 8.04. The van der Waals surface area contributed by atoms with E-state index < -0.39 is 11.0 Å². The third kappa shape index (κ3) is 6.55. The van der Waals surface area contributed by atoms with Crippen molar-refractivity contribution < 1.29 is 14.4 Å². The van der Waals surface area contributed by atoms with E-state index in [2.05, 4.69) is 38.0 Å². The number of aromatic nitrogens is 1. The lowest BCUT2D eigenvalue weighted by molar-refractivity contribution is -0.125. The molecule has 0 saturated carbocycles. The summed E-state index contributed by atoms with van der Waals surface area (Å²) in [5, 5.41) is 7.64. The number of pyridine rings is 1. The van der Waals surface area contributed by atoms with E-state index in [0.717, 1.165) is 15.4 Å². The molecule has 0 radical (unpaired) electrons. The summed E-state index contributed by atoms with van der Waals surface area (Å²) in [6.45, 7) is 7.50. The molecular formula is C19H22BrN3O3S. The number of oxime groups is 1. The molecule has 1 unspecified atom stereocenters. The van der Waals surface area contributed by atoms with Crippen LogP contribution in [0.2, 0.25) is 0 Å². The molecule has 8 heteroatoms. The van der Waals surface area contributed by atoms with Gasteiger partial charge in [0.2, 0.25) is 5.44 Å². The van der Waals surface area contributed by atoms with Gasteiger partial charge in [0.1, 0.15) is 12.4 Å². The minimum atomic E-state index is -0.704. The Bertz CT molecular complexity index is 842. The van der Waals surface area contributed by atoms with Crippen molar-refractivity contribution in [2.45, 2.75) is 24.8 Å². The molecule has 1 heterocycles. The fourth-order valence-corrected chi connectivity index (χ4v) is 2.99. The molecule has 144 valence electrons. The van der Waals surface area contributed by atoms with Crippen LogP contribution in [0.5, 0.6) is 5.75 Å². The summed E-state index contributed by atoms with van der Waals surface area (Å²) in [5.41, 5.74) is -0.537. The Labute approximate surface area is 171 Å². The monoisotopic (exact) mass is 451 g/mol. The van der Waals surface area contributed by atoms with Crippen molar-refractivity contribution in [3.05, 3.63) is 47.6 Å². The third-order valence-electron chi connectivity index (χ3n) is 3.38. The minimum absolute atomic E-state index is 0.255. The van der Waals surface area contributed by atoms with Gasteiger partial charge in [-0.25, -0.2) is 0 Å². The number of amides is 1. The molecule has 0 aliphatic carbocycles. The number of fused-ring (bicyclic) bond motifs is 1. The van der Waals surface area contributed by atoms with E-state index in [1.807, 2.05) is 38.3 Å². The zero-order chi connectivity index (χ0) is 19.9. The molecule has 1 atom stereocenters. The van der Waals surface area contributed by atoms with Crippen LogP contribution in [0.1, 0.15) is 13.8 Å². The van der Waals surface area contributed by atoms with Crippen LogP contribution in [0.4, 0.5) is 0 Å². The molecule has 0 fully saturated rings. The van der Waals surface area contributed by atoms with Crippen molar-refractivity contribution >= 4 is 50.7 Å². The molecule has 0 saturated heterocycles. The first-order valence-electron chi connectivity index (χ1n) is 8.19. The summed E-state index contributed by atoms with van der Waals surface area (Å²) in [5.74, 6) is 0.341. The highest BCUT2D eigenvalue weighted by Gasteiger charge is 2.26. The average Bonchev–Trinajstić information content (AvgIpc) is 2.62. The Balaban J connectivity index is 2.06. The highest BCUT2D eigenvalue weighted by Crippen LogP contribution is 2.24. The lowest BCUT2D eigenvalue weighted by Gasteiger charge is -2.24. The standard InChI is InChI=1S/C19H22BrN3O3S/c1-5-8-25-22-12-19(2,3)23-17(24)18(27-4)26-15-6-7-16-13(10-15)9-14(20)11-21-16/h5-7,9-12,18H,1,8H2,2-4H3,(H,23,24)/b22-12-. The van der Waals surface area contributed by atoms with Gasteiger partial charge in [-0.15, -0.1) is 11.8 Å². The number of halogens is 1. The fourth-order valence-electron chi connectivity index (χ4n) is 2.16. The van der Waals surface area contributed by atoms with E-state index >= 15 is 0 Å². The van der Waals surface area contributed by atoms with Crippen molar-refractivity contribution in [2.24, 2.45) is 5.16 Å². The number of nitrogens with zero attached hydrogens (tertiary/aromatic N) is 2. The highest BCUT2D eigenvalue weighted by atomic mass is 79.9. The Morgan fingerprint density at radius 2 is 2.26 bits per heavy atom. The molecule has 0 spiro atoms. The van der Waals surface area contributed by atoms with Crippen molar-refractivity contribution in [1.29, 1.82) is 0 Å². The van der Waals surface area contributed by atoms with E-state index in [4.69, 9.17) is 9.57 Å². The maximum atomic E-state index is 12.6. The number of nitrogens with one attached hydrogen (secondary N) is 1. The molecule has 2 aromatic rings. The largest absolute Gasteiger partial charge is 0.470 e. The van der Waals surface area contributed by atoms with Gasteiger partial charge in [0.05, 0.1) is 17.3 Å². The lowest BCUT2D eigenvalue weighted by atomic mass is 10.1. The molecule has 0 bridgehead atoms. The van der Waals surface area contributed by atoms with Crippen molar-refractivity contribution in [3.63, 3.8) is 0 Å². The number of hydrogen-bond acceptors (Lipinski definition) is 6. The first kappa shape index (κ1) is 21.2. The molecule has 2 rings (SSSR count). The fraction of sp³-hybridized carbons (Fsp3) is 0.316. The Kier molecular flexibility index (Phi) is 7.67. The van der Waals surface area contributed by atoms with Gasteiger partial charge in [0.15, 0.2) is 0 Å². The molecule has 6 nitrogen and oxygen atoms in total. The van der Waals surface area contributed by atoms with Crippen LogP contribution in [0.3, 0.4) is 0 Å². The van der Waals surface area contributed by atoms with Gasteiger partial charge < -0.3 is 14.9 Å². The normalized spacial score (nSPS) is 12.7. The van der Waals surface area contributed by atoms with Crippen molar-refractivity contribution in [1.82, 2.24) is 10.3 Å². The van der Waals surface area contributed by atoms with E-state index in [0.29, 0.717) is 12.4 Å². The van der Waals surface area contributed by atoms with Crippen LogP contribution < -0.4 is 10.1 Å². The van der Waals surface area contributed by atoms with Gasteiger partial charge in [-0.05, 0) is 60.3 Å². The smallest absolute Gasteiger partial charge is 0.272 e. The van der Waals surface area contributed by atoms with E-state index in [1.165, 1.54) is 18.0 Å². The van der Waals surface area contributed by atoms with Crippen LogP contribution in [-0.4, -0.2) is 40.9 Å². The predicted molar refractivity (Wildman–Crippen MR) is 114 cm³/mol. The number of carbonyl (C=O) groups excluding carboxylic acids is 1. The second kappa shape index (κ2) is 9.75.